The van der Waals surface area contributed by atoms with Crippen LogP contribution in [0, 0.1) is 5.41 Å². The molecule has 0 bridgehead atoms. The molecule has 1 heterocycles. The number of carboxylic acid groups (broad SMARTS) is 1. The molecule has 0 saturated carbocycles. The molecule has 6 nitrogen and oxygen atoms in total. The Morgan fingerprint density at radius 3 is 2.71 bits per heavy atom. The largest absolute Gasteiger partial charge is 0.481 e. The number of carbonyl (C=O) groups excluding carboxylic acids is 1. The van der Waals surface area contributed by atoms with Crippen molar-refractivity contribution in [3.8, 4) is 0 Å². The van der Waals surface area contributed by atoms with Gasteiger partial charge >= 0.3 is 5.97 Å². The number of oxazole rings is 1. The highest BCUT2D eigenvalue weighted by atomic mass is 16.4. The fourth-order valence-electron chi connectivity index (χ4n) is 1.17. The summed E-state index contributed by atoms with van der Waals surface area (Å²) in [6.07, 6.45) is 1.77. The first kappa shape index (κ1) is 13.2. The number of carbonyl (C=O) groups is 2. The van der Waals surface area contributed by atoms with Crippen LogP contribution in [0.1, 0.15) is 37.0 Å². The first-order chi connectivity index (χ1) is 7.88. The van der Waals surface area contributed by atoms with Crippen molar-refractivity contribution in [2.45, 2.75) is 27.2 Å². The van der Waals surface area contributed by atoms with Crippen molar-refractivity contribution in [2.24, 2.45) is 5.41 Å². The van der Waals surface area contributed by atoms with Crippen LogP contribution < -0.4 is 5.32 Å². The maximum Gasteiger partial charge on any atom is 0.310 e. The minimum Gasteiger partial charge on any atom is -0.481 e. The summed E-state index contributed by atoms with van der Waals surface area (Å²) in [7, 11) is 0. The third-order valence-electron chi connectivity index (χ3n) is 2.45. The Balaban J connectivity index is 2.65. The van der Waals surface area contributed by atoms with E-state index in [1.54, 1.807) is 13.8 Å². The second-order valence-electron chi connectivity index (χ2n) is 4.35. The molecule has 1 rings (SSSR count). The molecule has 0 aliphatic rings. The average Bonchev–Trinajstić information content (AvgIpc) is 2.73. The van der Waals surface area contributed by atoms with E-state index in [4.69, 9.17) is 9.52 Å². The maximum atomic E-state index is 11.7. The monoisotopic (exact) mass is 240 g/mol. The minimum absolute atomic E-state index is 0.0389. The standard InChI is InChI=1S/C11H16N2O4/c1-4-7-8(13-6-17-7)9(14)12-5-11(2,3)10(15)16/h6H,4-5H2,1-3H3,(H,12,14)(H,15,16). The van der Waals surface area contributed by atoms with Gasteiger partial charge in [-0.15, -0.1) is 0 Å². The van der Waals surface area contributed by atoms with Gasteiger partial charge in [-0.3, -0.25) is 9.59 Å². The topological polar surface area (TPSA) is 92.4 Å². The van der Waals surface area contributed by atoms with Crippen LogP contribution in [0.5, 0.6) is 0 Å². The Labute approximate surface area is 99.0 Å². The van der Waals surface area contributed by atoms with E-state index in [0.717, 1.165) is 0 Å². The van der Waals surface area contributed by atoms with Crippen LogP contribution in [0.3, 0.4) is 0 Å². The molecule has 1 amide bonds. The Kier molecular flexibility index (Phi) is 3.88. The summed E-state index contributed by atoms with van der Waals surface area (Å²) < 4.78 is 5.03. The number of nitrogens with one attached hydrogen (secondary N) is 1. The summed E-state index contributed by atoms with van der Waals surface area (Å²) >= 11 is 0. The lowest BCUT2D eigenvalue weighted by atomic mass is 9.94. The molecule has 0 aliphatic heterocycles. The summed E-state index contributed by atoms with van der Waals surface area (Å²) in [5, 5.41) is 11.4. The zero-order valence-electron chi connectivity index (χ0n) is 10.1. The summed E-state index contributed by atoms with van der Waals surface area (Å²) in [4.78, 5) is 26.4. The molecule has 0 aromatic carbocycles. The highest BCUT2D eigenvalue weighted by Gasteiger charge is 2.28. The predicted octanol–water partition coefficient (Wildman–Crippen LogP) is 1.08. The highest BCUT2D eigenvalue weighted by Crippen LogP contribution is 2.14. The molecule has 94 valence electrons. The number of aromatic nitrogens is 1. The summed E-state index contributed by atoms with van der Waals surface area (Å²) in [5.41, 5.74) is -0.792. The Morgan fingerprint density at radius 1 is 1.53 bits per heavy atom. The Morgan fingerprint density at radius 2 is 2.18 bits per heavy atom. The fraction of sp³-hybridized carbons (Fsp3) is 0.545. The van der Waals surface area contributed by atoms with E-state index in [2.05, 4.69) is 10.3 Å². The van der Waals surface area contributed by atoms with Crippen molar-refractivity contribution in [3.05, 3.63) is 17.8 Å². The van der Waals surface area contributed by atoms with E-state index < -0.39 is 17.3 Å². The average molecular weight is 240 g/mol. The second-order valence-corrected chi connectivity index (χ2v) is 4.35. The van der Waals surface area contributed by atoms with Crippen molar-refractivity contribution >= 4 is 11.9 Å². The van der Waals surface area contributed by atoms with Crippen LogP contribution in [0.15, 0.2) is 10.8 Å². The van der Waals surface area contributed by atoms with Crippen molar-refractivity contribution in [2.75, 3.05) is 6.54 Å². The molecule has 1 aromatic heterocycles. The van der Waals surface area contributed by atoms with Gasteiger partial charge in [0.15, 0.2) is 12.1 Å². The van der Waals surface area contributed by atoms with Gasteiger partial charge in [0.05, 0.1) is 5.41 Å². The number of nitrogens with zero attached hydrogens (tertiary/aromatic N) is 1. The van der Waals surface area contributed by atoms with Crippen LogP contribution in [0.4, 0.5) is 0 Å². The first-order valence-electron chi connectivity index (χ1n) is 5.32. The van der Waals surface area contributed by atoms with Gasteiger partial charge in [-0.2, -0.15) is 0 Å². The molecule has 0 unspecified atom stereocenters. The number of aryl methyl sites for hydroxylation is 1. The third kappa shape index (κ3) is 3.05. The molecule has 0 aliphatic carbocycles. The van der Waals surface area contributed by atoms with Crippen LogP contribution in [0.2, 0.25) is 0 Å². The number of hydrogen-bond acceptors (Lipinski definition) is 4. The molecule has 0 atom stereocenters. The summed E-state index contributed by atoms with van der Waals surface area (Å²) in [5.74, 6) is -0.880. The number of rotatable bonds is 5. The summed E-state index contributed by atoms with van der Waals surface area (Å²) in [6.45, 7) is 4.97. The van der Waals surface area contributed by atoms with Gasteiger partial charge in [0, 0.05) is 13.0 Å². The van der Waals surface area contributed by atoms with E-state index >= 15 is 0 Å². The minimum atomic E-state index is -1.01. The zero-order chi connectivity index (χ0) is 13.1. The lowest BCUT2D eigenvalue weighted by molar-refractivity contribution is -0.146. The van der Waals surface area contributed by atoms with Crippen LogP contribution in [-0.2, 0) is 11.2 Å². The Hall–Kier alpha value is -1.85. The number of carboxylic acids is 1. The molecule has 0 fully saturated rings. The molecule has 0 saturated heterocycles. The van der Waals surface area contributed by atoms with Gasteiger partial charge in [-0.05, 0) is 13.8 Å². The highest BCUT2D eigenvalue weighted by molar-refractivity contribution is 5.93. The summed E-state index contributed by atoms with van der Waals surface area (Å²) in [6, 6.07) is 0. The van der Waals surface area contributed by atoms with Crippen LogP contribution in [-0.4, -0.2) is 28.5 Å². The molecule has 2 N–H and O–H groups in total. The smallest absolute Gasteiger partial charge is 0.310 e. The second kappa shape index (κ2) is 4.99. The molecule has 6 heteroatoms. The Bertz CT molecular complexity index is 423. The van der Waals surface area contributed by atoms with Gasteiger partial charge in [0.25, 0.3) is 5.91 Å². The van der Waals surface area contributed by atoms with Crippen molar-refractivity contribution in [1.82, 2.24) is 10.3 Å². The lowest BCUT2D eigenvalue weighted by Crippen LogP contribution is -2.39. The van der Waals surface area contributed by atoms with Gasteiger partial charge in [0.1, 0.15) is 5.76 Å². The van der Waals surface area contributed by atoms with Gasteiger partial charge < -0.3 is 14.8 Å². The molecule has 17 heavy (non-hydrogen) atoms. The van der Waals surface area contributed by atoms with Crippen LogP contribution in [0.25, 0.3) is 0 Å². The van der Waals surface area contributed by atoms with E-state index in [-0.39, 0.29) is 12.2 Å². The zero-order valence-corrected chi connectivity index (χ0v) is 10.1. The van der Waals surface area contributed by atoms with E-state index in [1.807, 2.05) is 6.92 Å². The lowest BCUT2D eigenvalue weighted by Gasteiger charge is -2.19. The van der Waals surface area contributed by atoms with E-state index in [0.29, 0.717) is 12.2 Å². The SMILES string of the molecule is CCc1ocnc1C(=O)NCC(C)(C)C(=O)O. The first-order valence-corrected chi connectivity index (χ1v) is 5.32. The van der Waals surface area contributed by atoms with Crippen LogP contribution >= 0.6 is 0 Å². The van der Waals surface area contributed by atoms with Crippen molar-refractivity contribution in [1.29, 1.82) is 0 Å². The predicted molar refractivity (Wildman–Crippen MR) is 59.6 cm³/mol. The molecule has 0 radical (unpaired) electrons. The van der Waals surface area contributed by atoms with Gasteiger partial charge in [0.2, 0.25) is 0 Å². The number of hydrogen-bond donors (Lipinski definition) is 2. The fourth-order valence-corrected chi connectivity index (χ4v) is 1.17. The van der Waals surface area contributed by atoms with Crippen molar-refractivity contribution < 1.29 is 19.1 Å². The van der Waals surface area contributed by atoms with Crippen molar-refractivity contribution in [3.63, 3.8) is 0 Å². The van der Waals surface area contributed by atoms with Gasteiger partial charge in [-0.1, -0.05) is 6.92 Å². The molecular weight excluding hydrogens is 224 g/mol. The normalized spacial score (nSPS) is 11.2. The van der Waals surface area contributed by atoms with E-state index in [9.17, 15) is 9.59 Å². The number of aliphatic carboxylic acids is 1. The molecule has 0 spiro atoms. The molecular formula is C11H16N2O4. The van der Waals surface area contributed by atoms with E-state index in [1.165, 1.54) is 6.39 Å². The maximum absolute atomic E-state index is 11.7. The molecule has 1 aromatic rings. The number of amides is 1. The van der Waals surface area contributed by atoms with Gasteiger partial charge in [-0.25, -0.2) is 4.98 Å². The quantitative estimate of drug-likeness (QED) is 0.803. The third-order valence-corrected chi connectivity index (χ3v) is 2.45.